The Morgan fingerprint density at radius 3 is 2.42 bits per heavy atom. The molecule has 0 saturated carbocycles. The average Bonchev–Trinajstić information content (AvgIpc) is 2.59. The number of hydrogen-bond donors (Lipinski definition) is 1. The Morgan fingerprint density at radius 2 is 1.83 bits per heavy atom. The molecule has 24 heavy (non-hydrogen) atoms. The average molecular weight is 334 g/mol. The molecule has 0 fully saturated rings. The van der Waals surface area contributed by atoms with Crippen LogP contribution in [0, 0.1) is 15.9 Å². The summed E-state index contributed by atoms with van der Waals surface area (Å²) in [6, 6.07) is 8.26. The van der Waals surface area contributed by atoms with E-state index in [4.69, 9.17) is 9.47 Å². The van der Waals surface area contributed by atoms with Gasteiger partial charge in [0.15, 0.2) is 11.5 Å². The molecule has 0 aliphatic rings. The highest BCUT2D eigenvalue weighted by atomic mass is 19.1. The van der Waals surface area contributed by atoms with Crippen LogP contribution >= 0.6 is 0 Å². The maximum atomic E-state index is 13.6. The second kappa shape index (κ2) is 7.40. The normalized spacial score (nSPS) is 10.1. The topological polar surface area (TPSA) is 90.7 Å². The fourth-order valence-electron chi connectivity index (χ4n) is 2.11. The number of benzene rings is 2. The van der Waals surface area contributed by atoms with E-state index in [1.165, 1.54) is 38.5 Å². The van der Waals surface area contributed by atoms with Crippen LogP contribution in [-0.4, -0.2) is 25.1 Å². The van der Waals surface area contributed by atoms with E-state index in [1.54, 1.807) is 6.07 Å². The van der Waals surface area contributed by atoms with Crippen molar-refractivity contribution in [2.24, 2.45) is 0 Å². The standard InChI is InChI=1S/C16H15FN2O5/c1-23-14-7-11(13(19(21)22)8-15(14)24-2)16(20)18-9-10-5-3-4-6-12(10)17/h3-8H,9H2,1-2H3,(H,18,20). The van der Waals surface area contributed by atoms with Crippen molar-refractivity contribution in [2.45, 2.75) is 6.54 Å². The van der Waals surface area contributed by atoms with Gasteiger partial charge in [-0.05, 0) is 6.07 Å². The van der Waals surface area contributed by atoms with Gasteiger partial charge >= 0.3 is 0 Å². The predicted octanol–water partition coefficient (Wildman–Crippen LogP) is 2.68. The third-order valence-corrected chi connectivity index (χ3v) is 3.34. The van der Waals surface area contributed by atoms with E-state index in [0.717, 1.165) is 6.07 Å². The molecule has 0 saturated heterocycles. The number of carbonyl (C=O) groups excluding carboxylic acids is 1. The molecule has 0 radical (unpaired) electrons. The Hall–Kier alpha value is -3.16. The van der Waals surface area contributed by atoms with E-state index in [-0.39, 0.29) is 29.2 Å². The number of nitrogens with one attached hydrogen (secondary N) is 1. The molecule has 1 N–H and O–H groups in total. The maximum Gasteiger partial charge on any atom is 0.286 e. The van der Waals surface area contributed by atoms with E-state index in [2.05, 4.69) is 5.32 Å². The van der Waals surface area contributed by atoms with Gasteiger partial charge in [-0.1, -0.05) is 18.2 Å². The Bertz CT molecular complexity index is 779. The number of halogens is 1. The van der Waals surface area contributed by atoms with Crippen molar-refractivity contribution in [1.82, 2.24) is 5.32 Å². The summed E-state index contributed by atoms with van der Waals surface area (Å²) in [7, 11) is 2.68. The molecule has 126 valence electrons. The van der Waals surface area contributed by atoms with Gasteiger partial charge < -0.3 is 14.8 Å². The zero-order valence-corrected chi connectivity index (χ0v) is 13.0. The molecule has 1 amide bonds. The van der Waals surface area contributed by atoms with Gasteiger partial charge in [-0.25, -0.2) is 4.39 Å². The Kier molecular flexibility index (Phi) is 5.31. The van der Waals surface area contributed by atoms with Crippen molar-refractivity contribution in [2.75, 3.05) is 14.2 Å². The van der Waals surface area contributed by atoms with E-state index < -0.39 is 22.3 Å². The molecule has 0 aliphatic heterocycles. The van der Waals surface area contributed by atoms with Crippen LogP contribution < -0.4 is 14.8 Å². The third-order valence-electron chi connectivity index (χ3n) is 3.34. The Balaban J connectivity index is 2.30. The molecule has 7 nitrogen and oxygen atoms in total. The number of ether oxygens (including phenoxy) is 2. The van der Waals surface area contributed by atoms with Gasteiger partial charge in [0.25, 0.3) is 11.6 Å². The highest BCUT2D eigenvalue weighted by Crippen LogP contribution is 2.34. The minimum atomic E-state index is -0.717. The highest BCUT2D eigenvalue weighted by molar-refractivity contribution is 5.99. The Labute approximate surface area is 137 Å². The third kappa shape index (κ3) is 3.60. The first-order valence-corrected chi connectivity index (χ1v) is 6.90. The first-order valence-electron chi connectivity index (χ1n) is 6.90. The van der Waals surface area contributed by atoms with E-state index >= 15 is 0 Å². The van der Waals surface area contributed by atoms with Crippen LogP contribution in [0.5, 0.6) is 11.5 Å². The minimum Gasteiger partial charge on any atom is -0.493 e. The van der Waals surface area contributed by atoms with Gasteiger partial charge in [-0.3, -0.25) is 14.9 Å². The van der Waals surface area contributed by atoms with Crippen LogP contribution in [-0.2, 0) is 6.54 Å². The summed E-state index contributed by atoms with van der Waals surface area (Å²) in [5.74, 6) is -0.875. The summed E-state index contributed by atoms with van der Waals surface area (Å²) in [5.41, 5.74) is -0.360. The molecule has 8 heteroatoms. The lowest BCUT2D eigenvalue weighted by Gasteiger charge is -2.11. The van der Waals surface area contributed by atoms with Gasteiger partial charge in [0.2, 0.25) is 0 Å². The zero-order chi connectivity index (χ0) is 17.7. The van der Waals surface area contributed by atoms with E-state index in [1.807, 2.05) is 0 Å². The zero-order valence-electron chi connectivity index (χ0n) is 13.0. The van der Waals surface area contributed by atoms with Gasteiger partial charge in [-0.15, -0.1) is 0 Å². The molecule has 2 rings (SSSR count). The van der Waals surface area contributed by atoms with Crippen LogP contribution in [0.1, 0.15) is 15.9 Å². The van der Waals surface area contributed by atoms with Crippen molar-refractivity contribution in [3.05, 3.63) is 63.5 Å². The van der Waals surface area contributed by atoms with Gasteiger partial charge in [0.1, 0.15) is 11.4 Å². The second-order valence-electron chi connectivity index (χ2n) is 4.76. The van der Waals surface area contributed by atoms with E-state index in [9.17, 15) is 19.3 Å². The quantitative estimate of drug-likeness (QED) is 0.648. The van der Waals surface area contributed by atoms with Gasteiger partial charge in [-0.2, -0.15) is 0 Å². The van der Waals surface area contributed by atoms with Gasteiger partial charge in [0.05, 0.1) is 25.2 Å². The number of nitro benzene ring substituents is 1. The SMILES string of the molecule is COc1cc(C(=O)NCc2ccccc2F)c([N+](=O)[O-])cc1OC. The minimum absolute atomic E-state index is 0.100. The molecule has 2 aromatic carbocycles. The first-order chi connectivity index (χ1) is 11.5. The lowest BCUT2D eigenvalue weighted by molar-refractivity contribution is -0.385. The molecule has 0 unspecified atom stereocenters. The van der Waals surface area contributed by atoms with Gasteiger partial charge in [0, 0.05) is 18.2 Å². The largest absolute Gasteiger partial charge is 0.493 e. The molecule has 0 atom stereocenters. The van der Waals surface area contributed by atoms with Crippen LogP contribution in [0.4, 0.5) is 10.1 Å². The fraction of sp³-hybridized carbons (Fsp3) is 0.188. The monoisotopic (exact) mass is 334 g/mol. The smallest absolute Gasteiger partial charge is 0.286 e. The van der Waals surface area contributed by atoms with Crippen LogP contribution in [0.25, 0.3) is 0 Å². The Morgan fingerprint density at radius 1 is 1.21 bits per heavy atom. The van der Waals surface area contributed by atoms with Crippen molar-refractivity contribution < 1.29 is 23.6 Å². The summed E-state index contributed by atoms with van der Waals surface area (Å²) in [4.78, 5) is 22.8. The van der Waals surface area contributed by atoms with Crippen molar-refractivity contribution in [3.63, 3.8) is 0 Å². The summed E-state index contributed by atoms with van der Waals surface area (Å²) in [6.45, 7) is -0.100. The maximum absolute atomic E-state index is 13.6. The number of rotatable bonds is 6. The highest BCUT2D eigenvalue weighted by Gasteiger charge is 2.24. The number of nitrogens with zero attached hydrogens (tertiary/aromatic N) is 1. The lowest BCUT2D eigenvalue weighted by atomic mass is 10.1. The summed E-state index contributed by atoms with van der Waals surface area (Å²) in [5, 5.41) is 13.7. The predicted molar refractivity (Wildman–Crippen MR) is 83.8 cm³/mol. The van der Waals surface area contributed by atoms with Crippen LogP contribution in [0.3, 0.4) is 0 Å². The molecular formula is C16H15FN2O5. The second-order valence-corrected chi connectivity index (χ2v) is 4.76. The molecule has 0 bridgehead atoms. The van der Waals surface area contributed by atoms with Crippen LogP contribution in [0.15, 0.2) is 36.4 Å². The van der Waals surface area contributed by atoms with Crippen molar-refractivity contribution in [1.29, 1.82) is 0 Å². The fourth-order valence-corrected chi connectivity index (χ4v) is 2.11. The number of carbonyl (C=O) groups is 1. The summed E-state index contributed by atoms with van der Waals surface area (Å²) >= 11 is 0. The summed E-state index contributed by atoms with van der Waals surface area (Å²) in [6.07, 6.45) is 0. The van der Waals surface area contributed by atoms with Crippen LogP contribution in [0.2, 0.25) is 0 Å². The molecule has 0 spiro atoms. The lowest BCUT2D eigenvalue weighted by Crippen LogP contribution is -2.24. The number of amides is 1. The number of nitro groups is 1. The molecule has 0 aliphatic carbocycles. The number of methoxy groups -OCH3 is 2. The van der Waals surface area contributed by atoms with Crippen molar-refractivity contribution in [3.8, 4) is 11.5 Å². The molecule has 0 heterocycles. The number of hydrogen-bond acceptors (Lipinski definition) is 5. The van der Waals surface area contributed by atoms with Crippen molar-refractivity contribution >= 4 is 11.6 Å². The molecule has 2 aromatic rings. The van der Waals surface area contributed by atoms with E-state index in [0.29, 0.717) is 0 Å². The molecule has 0 aromatic heterocycles. The molecular weight excluding hydrogens is 319 g/mol. The summed E-state index contributed by atoms with van der Waals surface area (Å²) < 4.78 is 23.6. The first kappa shape index (κ1) is 17.2.